The van der Waals surface area contributed by atoms with E-state index < -0.39 is 0 Å². The van der Waals surface area contributed by atoms with Crippen molar-refractivity contribution in [3.63, 3.8) is 0 Å². The van der Waals surface area contributed by atoms with Crippen LogP contribution in [0.3, 0.4) is 0 Å². The summed E-state index contributed by atoms with van der Waals surface area (Å²) in [5, 5.41) is 3.55. The average Bonchev–Trinajstić information content (AvgIpc) is 2.21. The van der Waals surface area contributed by atoms with Gasteiger partial charge in [0, 0.05) is 19.8 Å². The van der Waals surface area contributed by atoms with E-state index in [4.69, 9.17) is 4.74 Å². The molecule has 0 radical (unpaired) electrons. The van der Waals surface area contributed by atoms with Crippen LogP contribution < -0.4 is 5.32 Å². The third-order valence-electron chi connectivity index (χ3n) is 2.31. The number of hydrogen-bond acceptors (Lipinski definition) is 2. The number of methoxy groups -OCH3 is 1. The first-order chi connectivity index (χ1) is 6.85. The minimum Gasteiger partial charge on any atom is -0.385 e. The van der Waals surface area contributed by atoms with Gasteiger partial charge in [0.05, 0.1) is 0 Å². The van der Waals surface area contributed by atoms with Crippen LogP contribution in [0.5, 0.6) is 0 Å². The van der Waals surface area contributed by atoms with Crippen molar-refractivity contribution < 1.29 is 4.74 Å². The average molecular weight is 199 g/mol. The lowest BCUT2D eigenvalue weighted by atomic mass is 10.1. The van der Waals surface area contributed by atoms with E-state index in [2.05, 4.69) is 18.8 Å². The first-order valence-corrected chi connectivity index (χ1v) is 5.68. The molecule has 0 fully saturated rings. The monoisotopic (exact) mass is 199 g/mol. The molecule has 0 aliphatic heterocycles. The smallest absolute Gasteiger partial charge is 0.0477 e. The highest BCUT2D eigenvalue weighted by Crippen LogP contribution is 2.05. The van der Waals surface area contributed by atoms with Crippen molar-refractivity contribution in [1.82, 2.24) is 5.32 Å². The second kappa shape index (κ2) is 10.7. The van der Waals surface area contributed by atoms with Gasteiger partial charge in [0.15, 0.2) is 0 Å². The lowest BCUT2D eigenvalue weighted by molar-refractivity contribution is 0.180. The van der Waals surface area contributed by atoms with Gasteiger partial charge in [0.2, 0.25) is 0 Å². The molecule has 0 heterocycles. The third-order valence-corrected chi connectivity index (χ3v) is 2.31. The van der Waals surface area contributed by atoms with Gasteiger partial charge in [-0.3, -0.25) is 0 Å². The summed E-state index contributed by atoms with van der Waals surface area (Å²) in [6, 6.07) is 0.620. The maximum atomic E-state index is 5.10. The van der Waals surface area contributed by atoms with Crippen molar-refractivity contribution >= 4 is 0 Å². The fraction of sp³-hybridized carbons (Fsp3) is 0.833. The van der Waals surface area contributed by atoms with E-state index in [0.29, 0.717) is 6.04 Å². The molecule has 0 spiro atoms. The van der Waals surface area contributed by atoms with Crippen LogP contribution in [0.2, 0.25) is 0 Å². The number of unbranched alkanes of at least 4 members (excludes halogenated alkanes) is 1. The van der Waals surface area contributed by atoms with Gasteiger partial charge in [-0.1, -0.05) is 13.0 Å². The summed E-state index contributed by atoms with van der Waals surface area (Å²) < 4.78 is 5.10. The van der Waals surface area contributed by atoms with Crippen LogP contribution in [0.1, 0.15) is 39.0 Å². The molecule has 14 heavy (non-hydrogen) atoms. The van der Waals surface area contributed by atoms with Crippen molar-refractivity contribution in [2.45, 2.75) is 45.1 Å². The number of hydrogen-bond donors (Lipinski definition) is 1. The fourth-order valence-corrected chi connectivity index (χ4v) is 1.47. The third kappa shape index (κ3) is 8.27. The van der Waals surface area contributed by atoms with Crippen LogP contribution in [0.4, 0.5) is 0 Å². The van der Waals surface area contributed by atoms with E-state index in [9.17, 15) is 0 Å². The SMILES string of the molecule is C=CCCCC(CCOC)NCCC. The lowest BCUT2D eigenvalue weighted by Crippen LogP contribution is -2.30. The molecule has 2 heteroatoms. The maximum Gasteiger partial charge on any atom is 0.0477 e. The van der Waals surface area contributed by atoms with E-state index in [1.807, 2.05) is 6.08 Å². The predicted octanol–water partition coefficient (Wildman–Crippen LogP) is 2.75. The van der Waals surface area contributed by atoms with E-state index in [-0.39, 0.29) is 0 Å². The van der Waals surface area contributed by atoms with Crippen molar-refractivity contribution in [2.75, 3.05) is 20.3 Å². The largest absolute Gasteiger partial charge is 0.385 e. The molecule has 1 unspecified atom stereocenters. The second-order valence-electron chi connectivity index (χ2n) is 3.65. The Hall–Kier alpha value is -0.340. The Morgan fingerprint density at radius 3 is 2.79 bits per heavy atom. The second-order valence-corrected chi connectivity index (χ2v) is 3.65. The van der Waals surface area contributed by atoms with Crippen molar-refractivity contribution in [3.05, 3.63) is 12.7 Å². The quantitative estimate of drug-likeness (QED) is 0.431. The molecular weight excluding hydrogens is 174 g/mol. The van der Waals surface area contributed by atoms with E-state index in [1.165, 1.54) is 19.3 Å². The van der Waals surface area contributed by atoms with Crippen LogP contribution in [0.15, 0.2) is 12.7 Å². The van der Waals surface area contributed by atoms with Gasteiger partial charge in [-0.15, -0.1) is 6.58 Å². The lowest BCUT2D eigenvalue weighted by Gasteiger charge is -2.17. The summed E-state index contributed by atoms with van der Waals surface area (Å²) in [6.45, 7) is 7.91. The van der Waals surface area contributed by atoms with Gasteiger partial charge in [-0.25, -0.2) is 0 Å². The molecule has 0 bridgehead atoms. The van der Waals surface area contributed by atoms with E-state index in [1.54, 1.807) is 7.11 Å². The summed E-state index contributed by atoms with van der Waals surface area (Å²) in [5.41, 5.74) is 0. The summed E-state index contributed by atoms with van der Waals surface area (Å²) in [5.74, 6) is 0. The van der Waals surface area contributed by atoms with Crippen LogP contribution in [-0.2, 0) is 4.74 Å². The molecule has 0 aliphatic rings. The zero-order chi connectivity index (χ0) is 10.6. The first-order valence-electron chi connectivity index (χ1n) is 5.68. The van der Waals surface area contributed by atoms with Gasteiger partial charge in [-0.2, -0.15) is 0 Å². The molecule has 1 N–H and O–H groups in total. The van der Waals surface area contributed by atoms with Gasteiger partial charge in [0.1, 0.15) is 0 Å². The molecule has 0 saturated heterocycles. The highest BCUT2D eigenvalue weighted by molar-refractivity contribution is 4.71. The number of nitrogens with one attached hydrogen (secondary N) is 1. The molecule has 0 aromatic rings. The zero-order valence-corrected chi connectivity index (χ0v) is 9.72. The van der Waals surface area contributed by atoms with Crippen LogP contribution >= 0.6 is 0 Å². The summed E-state index contributed by atoms with van der Waals surface area (Å²) in [4.78, 5) is 0. The molecule has 0 saturated carbocycles. The van der Waals surface area contributed by atoms with Crippen LogP contribution in [0.25, 0.3) is 0 Å². The van der Waals surface area contributed by atoms with Crippen molar-refractivity contribution in [1.29, 1.82) is 0 Å². The number of allylic oxidation sites excluding steroid dienone is 1. The van der Waals surface area contributed by atoms with Gasteiger partial charge in [-0.05, 0) is 38.6 Å². The normalized spacial score (nSPS) is 12.7. The predicted molar refractivity (Wildman–Crippen MR) is 62.6 cm³/mol. The molecule has 0 aliphatic carbocycles. The zero-order valence-electron chi connectivity index (χ0n) is 9.72. The molecule has 0 aromatic carbocycles. The summed E-state index contributed by atoms with van der Waals surface area (Å²) >= 11 is 0. The van der Waals surface area contributed by atoms with E-state index in [0.717, 1.165) is 26.0 Å². The molecule has 0 amide bonds. The molecule has 0 rings (SSSR count). The molecule has 0 aromatic heterocycles. The van der Waals surface area contributed by atoms with Crippen LogP contribution in [0, 0.1) is 0 Å². The van der Waals surface area contributed by atoms with Crippen molar-refractivity contribution in [2.24, 2.45) is 0 Å². The summed E-state index contributed by atoms with van der Waals surface area (Å²) in [6.07, 6.45) is 7.90. The summed E-state index contributed by atoms with van der Waals surface area (Å²) in [7, 11) is 1.76. The van der Waals surface area contributed by atoms with Gasteiger partial charge >= 0.3 is 0 Å². The Bertz CT molecular complexity index is 117. The fourth-order valence-electron chi connectivity index (χ4n) is 1.47. The Morgan fingerprint density at radius 2 is 2.21 bits per heavy atom. The van der Waals surface area contributed by atoms with Gasteiger partial charge in [0.25, 0.3) is 0 Å². The van der Waals surface area contributed by atoms with Gasteiger partial charge < -0.3 is 10.1 Å². The molecular formula is C12H25NO. The number of rotatable bonds is 10. The Labute approximate surface area is 88.7 Å². The topological polar surface area (TPSA) is 21.3 Å². The molecule has 1 atom stereocenters. The van der Waals surface area contributed by atoms with E-state index >= 15 is 0 Å². The highest BCUT2D eigenvalue weighted by Gasteiger charge is 2.05. The Balaban J connectivity index is 3.54. The molecule has 84 valence electrons. The Kier molecular flexibility index (Phi) is 10.5. The minimum atomic E-state index is 0.620. The minimum absolute atomic E-state index is 0.620. The maximum absolute atomic E-state index is 5.10. The van der Waals surface area contributed by atoms with Crippen molar-refractivity contribution in [3.8, 4) is 0 Å². The highest BCUT2D eigenvalue weighted by atomic mass is 16.5. The standard InChI is InChI=1S/C12H25NO/c1-4-6-7-8-12(9-11-14-3)13-10-5-2/h4,12-13H,1,5-11H2,2-3H3. The molecule has 2 nitrogen and oxygen atoms in total. The van der Waals surface area contributed by atoms with Crippen LogP contribution in [-0.4, -0.2) is 26.3 Å². The number of ether oxygens (including phenoxy) is 1. The Morgan fingerprint density at radius 1 is 1.43 bits per heavy atom. The first kappa shape index (κ1) is 13.7.